The van der Waals surface area contributed by atoms with E-state index in [-0.39, 0.29) is 28.5 Å². The molecule has 0 saturated carbocycles. The van der Waals surface area contributed by atoms with Crippen molar-refractivity contribution in [2.75, 3.05) is 6.61 Å². The van der Waals surface area contributed by atoms with Gasteiger partial charge in [-0.1, -0.05) is 83.8 Å². The number of amides is 1. The second-order valence-electron chi connectivity index (χ2n) is 9.48. The van der Waals surface area contributed by atoms with Crippen LogP contribution in [0.4, 0.5) is 0 Å². The third-order valence-corrected chi connectivity index (χ3v) is 7.56. The average molecular weight is 583 g/mol. The molecule has 0 fully saturated rings. The van der Waals surface area contributed by atoms with Gasteiger partial charge >= 0.3 is 5.97 Å². The molecular formula is C30H28Cl2N2O6. The van der Waals surface area contributed by atoms with Gasteiger partial charge in [0.1, 0.15) is 6.29 Å². The fourth-order valence-corrected chi connectivity index (χ4v) is 5.15. The van der Waals surface area contributed by atoms with E-state index in [9.17, 15) is 19.2 Å². The van der Waals surface area contributed by atoms with Gasteiger partial charge in [0.15, 0.2) is 12.4 Å². The van der Waals surface area contributed by atoms with Gasteiger partial charge in [0.25, 0.3) is 5.91 Å². The van der Waals surface area contributed by atoms with Crippen LogP contribution in [0.1, 0.15) is 48.5 Å². The van der Waals surface area contributed by atoms with Crippen LogP contribution < -0.4 is 5.32 Å². The Kier molecular flexibility index (Phi) is 9.55. The van der Waals surface area contributed by atoms with Crippen LogP contribution in [0.5, 0.6) is 0 Å². The van der Waals surface area contributed by atoms with E-state index >= 15 is 0 Å². The second kappa shape index (κ2) is 13.1. The van der Waals surface area contributed by atoms with Gasteiger partial charge in [-0.05, 0) is 47.7 Å². The molecule has 0 radical (unpaired) electrons. The van der Waals surface area contributed by atoms with E-state index < -0.39 is 35.9 Å². The highest BCUT2D eigenvalue weighted by atomic mass is 35.5. The molecule has 2 atom stereocenters. The number of carbonyl (C=O) groups excluding carboxylic acids is 4. The molecule has 0 saturated heterocycles. The molecule has 0 aromatic heterocycles. The summed E-state index contributed by atoms with van der Waals surface area (Å²) in [5.74, 6) is -2.13. The highest BCUT2D eigenvalue weighted by Gasteiger charge is 2.45. The van der Waals surface area contributed by atoms with Crippen molar-refractivity contribution in [2.45, 2.75) is 50.7 Å². The van der Waals surface area contributed by atoms with Gasteiger partial charge in [-0.2, -0.15) is 0 Å². The Morgan fingerprint density at radius 2 is 1.75 bits per heavy atom. The maximum atomic E-state index is 13.3. The van der Waals surface area contributed by atoms with Crippen LogP contribution in [-0.2, 0) is 30.4 Å². The summed E-state index contributed by atoms with van der Waals surface area (Å²) < 4.78 is 5.08. The zero-order valence-corrected chi connectivity index (χ0v) is 23.3. The molecule has 0 spiro atoms. The summed E-state index contributed by atoms with van der Waals surface area (Å²) in [5, 5.41) is 9.24. The van der Waals surface area contributed by atoms with Crippen LogP contribution >= 0.6 is 23.2 Å². The lowest BCUT2D eigenvalue weighted by Gasteiger charge is -2.26. The van der Waals surface area contributed by atoms with Crippen molar-refractivity contribution in [2.24, 2.45) is 5.16 Å². The third-order valence-electron chi connectivity index (χ3n) is 6.93. The zero-order chi connectivity index (χ0) is 28.7. The highest BCUT2D eigenvalue weighted by molar-refractivity contribution is 6.39. The Morgan fingerprint density at radius 1 is 1.05 bits per heavy atom. The summed E-state index contributed by atoms with van der Waals surface area (Å²) in [5.41, 5.74) is 0.515. The summed E-state index contributed by atoms with van der Waals surface area (Å²) in [6.07, 6.45) is 2.07. The number of benzene rings is 3. The van der Waals surface area contributed by atoms with Gasteiger partial charge < -0.3 is 19.7 Å². The SMILES string of the molecule is CCC1(C(=O)NC(CC=O)C(=O)COC(=O)c2c(Cl)cccc2Cl)CC(CCc2cccc3ccccc23)=NO1. The van der Waals surface area contributed by atoms with E-state index in [4.69, 9.17) is 32.8 Å². The highest BCUT2D eigenvalue weighted by Crippen LogP contribution is 2.31. The molecule has 1 N–H and O–H groups in total. The molecule has 0 bridgehead atoms. The minimum absolute atomic E-state index is 0.0715. The first-order valence-electron chi connectivity index (χ1n) is 12.9. The van der Waals surface area contributed by atoms with Crippen LogP contribution in [-0.4, -0.2) is 47.9 Å². The molecule has 3 aromatic rings. The predicted octanol–water partition coefficient (Wildman–Crippen LogP) is 5.50. The molecule has 40 heavy (non-hydrogen) atoms. The number of esters is 1. The Morgan fingerprint density at radius 3 is 2.48 bits per heavy atom. The number of ether oxygens (including phenoxy) is 1. The molecule has 0 aliphatic carbocycles. The summed E-state index contributed by atoms with van der Waals surface area (Å²) in [4.78, 5) is 55.5. The van der Waals surface area contributed by atoms with Crippen molar-refractivity contribution in [1.82, 2.24) is 5.32 Å². The lowest BCUT2D eigenvalue weighted by Crippen LogP contribution is -2.53. The molecule has 208 valence electrons. The summed E-state index contributed by atoms with van der Waals surface area (Å²) in [6.45, 7) is 1.10. The van der Waals surface area contributed by atoms with Crippen LogP contribution in [0.2, 0.25) is 10.0 Å². The van der Waals surface area contributed by atoms with E-state index in [0.717, 1.165) is 22.9 Å². The summed E-state index contributed by atoms with van der Waals surface area (Å²) in [6, 6.07) is 17.6. The minimum atomic E-state index is -1.31. The van der Waals surface area contributed by atoms with Crippen LogP contribution in [0.25, 0.3) is 10.8 Å². The number of halogens is 2. The fourth-order valence-electron chi connectivity index (χ4n) is 4.60. The lowest BCUT2D eigenvalue weighted by molar-refractivity contribution is -0.147. The van der Waals surface area contributed by atoms with Crippen molar-refractivity contribution < 1.29 is 28.8 Å². The quantitative estimate of drug-likeness (QED) is 0.223. The number of hydrogen-bond acceptors (Lipinski definition) is 7. The predicted molar refractivity (Wildman–Crippen MR) is 153 cm³/mol. The van der Waals surface area contributed by atoms with Crippen molar-refractivity contribution in [1.29, 1.82) is 0 Å². The smallest absolute Gasteiger partial charge is 0.341 e. The number of ketones is 1. The number of aryl methyl sites for hydroxylation is 1. The first-order chi connectivity index (χ1) is 19.3. The average Bonchev–Trinajstić information content (AvgIpc) is 3.39. The standard InChI is InChI=1S/C30H28Cl2N2O6/c1-2-30(17-21(34-40-30)14-13-20-9-5-8-19-7-3-4-10-22(19)20)29(38)33-25(15-16-35)26(36)18-39-28(37)27-23(31)11-6-12-24(27)32/h3-12,16,25H,2,13-15,17-18H2,1H3,(H,33,38). The second-order valence-corrected chi connectivity index (χ2v) is 10.3. The lowest BCUT2D eigenvalue weighted by atomic mass is 9.90. The van der Waals surface area contributed by atoms with E-state index in [0.29, 0.717) is 19.1 Å². The molecule has 1 aliphatic heterocycles. The van der Waals surface area contributed by atoms with E-state index in [1.165, 1.54) is 17.7 Å². The largest absolute Gasteiger partial charge is 0.454 e. The number of rotatable bonds is 12. The number of aldehydes is 1. The van der Waals surface area contributed by atoms with Gasteiger partial charge in [0.2, 0.25) is 5.60 Å². The molecule has 10 heteroatoms. The Labute approximate surface area is 241 Å². The molecule has 8 nitrogen and oxygen atoms in total. The van der Waals surface area contributed by atoms with E-state index in [2.05, 4.69) is 34.7 Å². The molecule has 4 rings (SSSR count). The van der Waals surface area contributed by atoms with Crippen molar-refractivity contribution in [3.8, 4) is 0 Å². The molecular weight excluding hydrogens is 555 g/mol. The first kappa shape index (κ1) is 29.2. The van der Waals surface area contributed by atoms with Gasteiger partial charge in [0.05, 0.1) is 27.4 Å². The Bertz CT molecular complexity index is 1450. The number of nitrogens with zero attached hydrogens (tertiary/aromatic N) is 1. The number of hydrogen-bond donors (Lipinski definition) is 1. The topological polar surface area (TPSA) is 111 Å². The van der Waals surface area contributed by atoms with Crippen molar-refractivity contribution in [3.05, 3.63) is 81.8 Å². The minimum Gasteiger partial charge on any atom is -0.454 e. The number of Topliss-reactive ketones (excluding diaryl/α,β-unsaturated/α-hetero) is 1. The van der Waals surface area contributed by atoms with Crippen molar-refractivity contribution >= 4 is 63.6 Å². The van der Waals surface area contributed by atoms with Crippen LogP contribution in [0.3, 0.4) is 0 Å². The van der Waals surface area contributed by atoms with Crippen LogP contribution in [0, 0.1) is 0 Å². The summed E-state index contributed by atoms with van der Waals surface area (Å²) in [7, 11) is 0. The number of oxime groups is 1. The van der Waals surface area contributed by atoms with Gasteiger partial charge in [-0.25, -0.2) is 4.79 Å². The van der Waals surface area contributed by atoms with E-state index in [1.807, 2.05) is 18.2 Å². The van der Waals surface area contributed by atoms with Gasteiger partial charge in [-0.15, -0.1) is 0 Å². The molecule has 1 aliphatic rings. The maximum absolute atomic E-state index is 13.3. The molecule has 3 aromatic carbocycles. The van der Waals surface area contributed by atoms with Crippen molar-refractivity contribution in [3.63, 3.8) is 0 Å². The Balaban J connectivity index is 1.36. The number of fused-ring (bicyclic) bond motifs is 1. The van der Waals surface area contributed by atoms with Crippen LogP contribution in [0.15, 0.2) is 65.8 Å². The number of carbonyl (C=O) groups is 4. The Hall–Kier alpha value is -3.75. The van der Waals surface area contributed by atoms with Gasteiger partial charge in [-0.3, -0.25) is 9.59 Å². The van der Waals surface area contributed by atoms with Gasteiger partial charge in [0, 0.05) is 12.8 Å². The number of nitrogens with one attached hydrogen (secondary N) is 1. The molecule has 1 heterocycles. The molecule has 2 unspecified atom stereocenters. The summed E-state index contributed by atoms with van der Waals surface area (Å²) >= 11 is 12.0. The fraction of sp³-hybridized carbons (Fsp3) is 0.300. The first-order valence-corrected chi connectivity index (χ1v) is 13.6. The zero-order valence-electron chi connectivity index (χ0n) is 21.8. The van der Waals surface area contributed by atoms with E-state index in [1.54, 1.807) is 13.0 Å². The third kappa shape index (κ3) is 6.51. The maximum Gasteiger partial charge on any atom is 0.341 e. The monoisotopic (exact) mass is 582 g/mol. The molecule has 1 amide bonds. The normalized spacial score (nSPS) is 17.0.